The molecule has 0 atom stereocenters. The van der Waals surface area contributed by atoms with Crippen LogP contribution >= 0.6 is 0 Å². The van der Waals surface area contributed by atoms with Gasteiger partial charge in [-0.3, -0.25) is 0 Å². The maximum atomic E-state index is 13.5. The van der Waals surface area contributed by atoms with Crippen LogP contribution in [0.3, 0.4) is 0 Å². The van der Waals surface area contributed by atoms with Gasteiger partial charge in [-0.25, -0.2) is 4.39 Å². The molecule has 0 spiro atoms. The van der Waals surface area contributed by atoms with Gasteiger partial charge in [0.1, 0.15) is 5.67 Å². The number of nitrogens with zero attached hydrogens (tertiary/aromatic N) is 1. The van der Waals surface area contributed by atoms with Gasteiger partial charge in [-0.1, -0.05) is 19.6 Å². The topological polar surface area (TPSA) is 3.24 Å². The van der Waals surface area contributed by atoms with Crippen molar-refractivity contribution in [2.45, 2.75) is 25.4 Å². The Balaban J connectivity index is 2.41. The molecule has 1 saturated heterocycles. The quantitative estimate of drug-likeness (QED) is 0.554. The Morgan fingerprint density at radius 2 is 2.09 bits per heavy atom. The minimum absolute atomic E-state index is 0.615. The van der Waals surface area contributed by atoms with Gasteiger partial charge in [-0.05, 0) is 19.4 Å². The van der Waals surface area contributed by atoms with Crippen LogP contribution in [0, 0.1) is 0 Å². The Labute approximate surface area is 67.9 Å². The van der Waals surface area contributed by atoms with E-state index in [-0.39, 0.29) is 0 Å². The summed E-state index contributed by atoms with van der Waals surface area (Å²) in [6, 6.07) is 0. The Hall–Kier alpha value is -0.370. The lowest BCUT2D eigenvalue weighted by Gasteiger charge is -2.33. The Bertz CT molecular complexity index is 136. The van der Waals surface area contributed by atoms with Crippen LogP contribution in [-0.2, 0) is 0 Å². The third-order valence-electron chi connectivity index (χ3n) is 2.50. The minimum Gasteiger partial charge on any atom is -0.303 e. The first-order valence-corrected chi connectivity index (χ1v) is 4.25. The van der Waals surface area contributed by atoms with Crippen molar-refractivity contribution in [2.75, 3.05) is 19.6 Å². The van der Waals surface area contributed by atoms with Gasteiger partial charge in [0, 0.05) is 13.1 Å². The summed E-state index contributed by atoms with van der Waals surface area (Å²) in [7, 11) is 0. The molecule has 1 nitrogen and oxygen atoms in total. The van der Waals surface area contributed by atoms with Crippen LogP contribution in [-0.4, -0.2) is 30.2 Å². The lowest BCUT2D eigenvalue weighted by atomic mass is 9.94. The second-order valence-corrected chi connectivity index (χ2v) is 3.17. The van der Waals surface area contributed by atoms with Gasteiger partial charge >= 0.3 is 0 Å². The molecule has 1 heterocycles. The first-order valence-electron chi connectivity index (χ1n) is 4.25. The highest BCUT2D eigenvalue weighted by Crippen LogP contribution is 2.26. The fourth-order valence-electron chi connectivity index (χ4n) is 1.45. The van der Waals surface area contributed by atoms with Crippen molar-refractivity contribution >= 4 is 0 Å². The Morgan fingerprint density at radius 3 is 2.45 bits per heavy atom. The molecule has 0 radical (unpaired) electrons. The summed E-state index contributed by atoms with van der Waals surface area (Å²) in [6.07, 6.45) is 2.69. The normalized spacial score (nSPS) is 24.9. The Morgan fingerprint density at radius 1 is 1.55 bits per heavy atom. The molecule has 0 aromatic heterocycles. The van der Waals surface area contributed by atoms with Gasteiger partial charge < -0.3 is 4.90 Å². The molecule has 1 fully saturated rings. The smallest absolute Gasteiger partial charge is 0.131 e. The van der Waals surface area contributed by atoms with Crippen molar-refractivity contribution in [2.24, 2.45) is 0 Å². The molecule has 0 N–H and O–H groups in total. The molecule has 0 amide bonds. The van der Waals surface area contributed by atoms with E-state index in [0.717, 1.165) is 19.6 Å². The molecule has 0 unspecified atom stereocenters. The van der Waals surface area contributed by atoms with E-state index in [1.807, 2.05) is 0 Å². The van der Waals surface area contributed by atoms with Crippen LogP contribution in [0.4, 0.5) is 4.39 Å². The Kier molecular flexibility index (Phi) is 2.66. The second-order valence-electron chi connectivity index (χ2n) is 3.17. The van der Waals surface area contributed by atoms with Crippen LogP contribution in [0.1, 0.15) is 19.8 Å². The highest BCUT2D eigenvalue weighted by molar-refractivity contribution is 4.99. The molecular weight excluding hydrogens is 141 g/mol. The zero-order chi connectivity index (χ0) is 8.32. The highest BCUT2D eigenvalue weighted by Gasteiger charge is 2.30. The number of hydrogen-bond acceptors (Lipinski definition) is 1. The van der Waals surface area contributed by atoms with Gasteiger partial charge in [0.2, 0.25) is 0 Å². The maximum Gasteiger partial charge on any atom is 0.131 e. The zero-order valence-electron chi connectivity index (χ0n) is 7.15. The number of halogens is 1. The summed E-state index contributed by atoms with van der Waals surface area (Å²) in [6.45, 7) is 8.41. The van der Waals surface area contributed by atoms with Crippen LogP contribution < -0.4 is 0 Å². The summed E-state index contributed by atoms with van der Waals surface area (Å²) in [5, 5.41) is 0. The number of hydrogen-bond donors (Lipinski definition) is 0. The SMILES string of the molecule is C=CC1(F)CCN(CC)CC1. The molecule has 1 aliphatic heterocycles. The van der Waals surface area contributed by atoms with Crippen molar-refractivity contribution in [1.82, 2.24) is 4.90 Å². The summed E-state index contributed by atoms with van der Waals surface area (Å²) in [4.78, 5) is 2.27. The molecule has 1 rings (SSSR count). The van der Waals surface area contributed by atoms with E-state index < -0.39 is 5.67 Å². The first kappa shape index (κ1) is 8.72. The minimum atomic E-state index is -1.08. The maximum absolute atomic E-state index is 13.5. The zero-order valence-corrected chi connectivity index (χ0v) is 7.15. The molecular formula is C9H16FN. The standard InChI is InChI=1S/C9H16FN/c1-3-9(10)5-7-11(4-2)8-6-9/h3H,1,4-8H2,2H3. The second kappa shape index (κ2) is 3.35. The summed E-state index contributed by atoms with van der Waals surface area (Å²) >= 11 is 0. The van der Waals surface area contributed by atoms with Crippen LogP contribution in [0.25, 0.3) is 0 Å². The molecule has 0 aromatic rings. The fourth-order valence-corrected chi connectivity index (χ4v) is 1.45. The van der Waals surface area contributed by atoms with E-state index in [1.165, 1.54) is 6.08 Å². The van der Waals surface area contributed by atoms with Crippen LogP contribution in [0.5, 0.6) is 0 Å². The molecule has 0 aromatic carbocycles. The summed E-state index contributed by atoms with van der Waals surface area (Å²) in [5.74, 6) is 0. The molecule has 0 bridgehead atoms. The van der Waals surface area contributed by atoms with E-state index in [2.05, 4.69) is 18.4 Å². The van der Waals surface area contributed by atoms with Crippen molar-refractivity contribution in [3.63, 3.8) is 0 Å². The van der Waals surface area contributed by atoms with Gasteiger partial charge in [-0.2, -0.15) is 0 Å². The van der Waals surface area contributed by atoms with Gasteiger partial charge in [0.15, 0.2) is 0 Å². The average Bonchev–Trinajstić information content (AvgIpc) is 2.06. The van der Waals surface area contributed by atoms with Gasteiger partial charge in [-0.15, -0.1) is 0 Å². The molecule has 0 saturated carbocycles. The summed E-state index contributed by atoms with van der Waals surface area (Å²) < 4.78 is 13.5. The van der Waals surface area contributed by atoms with Gasteiger partial charge in [0.25, 0.3) is 0 Å². The average molecular weight is 157 g/mol. The predicted molar refractivity (Wildman–Crippen MR) is 45.4 cm³/mol. The predicted octanol–water partition coefficient (Wildman–Crippen LogP) is 2.00. The number of alkyl halides is 1. The third-order valence-corrected chi connectivity index (χ3v) is 2.50. The number of piperidine rings is 1. The summed E-state index contributed by atoms with van der Waals surface area (Å²) in [5.41, 5.74) is -1.08. The highest BCUT2D eigenvalue weighted by atomic mass is 19.1. The molecule has 0 aliphatic carbocycles. The van der Waals surface area contributed by atoms with Gasteiger partial charge in [0.05, 0.1) is 0 Å². The van der Waals surface area contributed by atoms with Crippen molar-refractivity contribution in [3.8, 4) is 0 Å². The van der Waals surface area contributed by atoms with E-state index in [9.17, 15) is 4.39 Å². The van der Waals surface area contributed by atoms with E-state index in [0.29, 0.717) is 12.8 Å². The number of allylic oxidation sites excluding steroid dienone is 1. The van der Waals surface area contributed by atoms with E-state index >= 15 is 0 Å². The van der Waals surface area contributed by atoms with Crippen molar-refractivity contribution in [3.05, 3.63) is 12.7 Å². The first-order chi connectivity index (χ1) is 5.20. The molecule has 1 aliphatic rings. The van der Waals surface area contributed by atoms with Crippen LogP contribution in [0.2, 0.25) is 0 Å². The molecule has 11 heavy (non-hydrogen) atoms. The van der Waals surface area contributed by atoms with Crippen molar-refractivity contribution in [1.29, 1.82) is 0 Å². The largest absolute Gasteiger partial charge is 0.303 e. The number of rotatable bonds is 2. The van der Waals surface area contributed by atoms with Crippen molar-refractivity contribution < 1.29 is 4.39 Å². The monoisotopic (exact) mass is 157 g/mol. The fraction of sp³-hybridized carbons (Fsp3) is 0.778. The molecule has 64 valence electrons. The van der Waals surface area contributed by atoms with E-state index in [1.54, 1.807) is 0 Å². The van der Waals surface area contributed by atoms with Crippen LogP contribution in [0.15, 0.2) is 12.7 Å². The lowest BCUT2D eigenvalue weighted by molar-refractivity contribution is 0.101. The third kappa shape index (κ3) is 2.03. The lowest BCUT2D eigenvalue weighted by Crippen LogP contribution is -2.40. The molecule has 2 heteroatoms. The number of likely N-dealkylation sites (tertiary alicyclic amines) is 1. The van der Waals surface area contributed by atoms with E-state index in [4.69, 9.17) is 0 Å².